The molecule has 0 amide bonds. The molecular formula is C17H18N2O. The largest absolute Gasteiger partial charge is 0.496 e. The molecule has 3 heteroatoms. The van der Waals surface area contributed by atoms with E-state index in [1.165, 1.54) is 5.56 Å². The van der Waals surface area contributed by atoms with Gasteiger partial charge < -0.3 is 10.1 Å². The Labute approximate surface area is 119 Å². The summed E-state index contributed by atoms with van der Waals surface area (Å²) in [6.45, 7) is 4.75. The normalized spacial score (nSPS) is 9.90. The zero-order chi connectivity index (χ0) is 14.5. The maximum absolute atomic E-state index is 8.96. The number of nitriles is 1. The fourth-order valence-electron chi connectivity index (χ4n) is 2.12. The molecule has 3 nitrogen and oxygen atoms in total. The van der Waals surface area contributed by atoms with Gasteiger partial charge in [0.25, 0.3) is 0 Å². The van der Waals surface area contributed by atoms with Crippen LogP contribution in [0.25, 0.3) is 0 Å². The van der Waals surface area contributed by atoms with Gasteiger partial charge in [-0.2, -0.15) is 5.26 Å². The van der Waals surface area contributed by atoms with Gasteiger partial charge in [0, 0.05) is 17.8 Å². The van der Waals surface area contributed by atoms with Crippen molar-refractivity contribution in [3.05, 3.63) is 58.7 Å². The van der Waals surface area contributed by atoms with Gasteiger partial charge in [0.1, 0.15) is 5.75 Å². The van der Waals surface area contributed by atoms with Crippen LogP contribution < -0.4 is 10.1 Å². The molecule has 0 aromatic heterocycles. The Bertz CT molecular complexity index is 655. The van der Waals surface area contributed by atoms with E-state index in [4.69, 9.17) is 10.00 Å². The number of methoxy groups -OCH3 is 1. The first-order chi connectivity index (χ1) is 9.63. The fourth-order valence-corrected chi connectivity index (χ4v) is 2.12. The Kier molecular flexibility index (Phi) is 4.27. The van der Waals surface area contributed by atoms with Crippen molar-refractivity contribution in [2.75, 3.05) is 12.4 Å². The Balaban J connectivity index is 2.21. The number of hydrogen-bond donors (Lipinski definition) is 1. The van der Waals surface area contributed by atoms with Crippen LogP contribution in [0, 0.1) is 25.2 Å². The fraction of sp³-hybridized carbons (Fsp3) is 0.235. The quantitative estimate of drug-likeness (QED) is 0.915. The SMILES string of the molecule is COc1ccc(C)cc1CNc1cc(C#N)ccc1C. The highest BCUT2D eigenvalue weighted by Crippen LogP contribution is 2.22. The zero-order valence-electron chi connectivity index (χ0n) is 12.0. The van der Waals surface area contributed by atoms with Crippen LogP contribution in [0.5, 0.6) is 5.75 Å². The Hall–Kier alpha value is -2.47. The van der Waals surface area contributed by atoms with Crippen molar-refractivity contribution in [2.24, 2.45) is 0 Å². The minimum Gasteiger partial charge on any atom is -0.496 e. The summed E-state index contributed by atoms with van der Waals surface area (Å²) in [6, 6.07) is 13.9. The summed E-state index contributed by atoms with van der Waals surface area (Å²) in [4.78, 5) is 0. The molecule has 0 atom stereocenters. The molecule has 0 aliphatic carbocycles. The van der Waals surface area contributed by atoms with Crippen molar-refractivity contribution < 1.29 is 4.74 Å². The van der Waals surface area contributed by atoms with E-state index in [2.05, 4.69) is 24.4 Å². The van der Waals surface area contributed by atoms with Gasteiger partial charge in [-0.05, 0) is 37.6 Å². The average Bonchev–Trinajstić information content (AvgIpc) is 2.46. The van der Waals surface area contributed by atoms with Crippen LogP contribution in [-0.2, 0) is 6.54 Å². The molecule has 102 valence electrons. The molecule has 0 bridgehead atoms. The first-order valence-electron chi connectivity index (χ1n) is 6.52. The average molecular weight is 266 g/mol. The lowest BCUT2D eigenvalue weighted by molar-refractivity contribution is 0.410. The number of benzene rings is 2. The molecule has 0 fully saturated rings. The van der Waals surface area contributed by atoms with E-state index in [-0.39, 0.29) is 0 Å². The zero-order valence-corrected chi connectivity index (χ0v) is 12.0. The van der Waals surface area contributed by atoms with Crippen LogP contribution >= 0.6 is 0 Å². The summed E-state index contributed by atoms with van der Waals surface area (Å²) < 4.78 is 5.37. The second-order valence-electron chi connectivity index (χ2n) is 4.81. The van der Waals surface area contributed by atoms with E-state index in [1.807, 2.05) is 37.3 Å². The van der Waals surface area contributed by atoms with Crippen molar-refractivity contribution in [3.8, 4) is 11.8 Å². The van der Waals surface area contributed by atoms with Crippen molar-refractivity contribution in [1.29, 1.82) is 5.26 Å². The molecule has 2 aromatic rings. The van der Waals surface area contributed by atoms with Gasteiger partial charge in [0.15, 0.2) is 0 Å². The van der Waals surface area contributed by atoms with E-state index in [1.54, 1.807) is 7.11 Å². The first-order valence-corrected chi connectivity index (χ1v) is 6.52. The van der Waals surface area contributed by atoms with Gasteiger partial charge in [-0.15, -0.1) is 0 Å². The van der Waals surface area contributed by atoms with Crippen LogP contribution in [-0.4, -0.2) is 7.11 Å². The third-order valence-corrected chi connectivity index (χ3v) is 3.27. The molecule has 0 saturated heterocycles. The lowest BCUT2D eigenvalue weighted by atomic mass is 10.1. The molecular weight excluding hydrogens is 248 g/mol. The molecule has 0 unspecified atom stereocenters. The monoisotopic (exact) mass is 266 g/mol. The lowest BCUT2D eigenvalue weighted by Gasteiger charge is -2.13. The van der Waals surface area contributed by atoms with Crippen molar-refractivity contribution in [2.45, 2.75) is 20.4 Å². The first kappa shape index (κ1) is 14.0. The summed E-state index contributed by atoms with van der Waals surface area (Å²) in [7, 11) is 1.68. The third kappa shape index (κ3) is 3.10. The molecule has 1 N–H and O–H groups in total. The Morgan fingerprint density at radius 2 is 1.95 bits per heavy atom. The molecule has 0 aliphatic heterocycles. The molecule has 0 saturated carbocycles. The lowest BCUT2D eigenvalue weighted by Crippen LogP contribution is -2.03. The van der Waals surface area contributed by atoms with Gasteiger partial charge >= 0.3 is 0 Å². The number of rotatable bonds is 4. The second kappa shape index (κ2) is 6.12. The minimum atomic E-state index is 0.661. The summed E-state index contributed by atoms with van der Waals surface area (Å²) in [5, 5.41) is 12.3. The highest BCUT2D eigenvalue weighted by molar-refractivity contribution is 5.55. The Morgan fingerprint density at radius 3 is 2.65 bits per heavy atom. The Morgan fingerprint density at radius 1 is 1.15 bits per heavy atom. The van der Waals surface area contributed by atoms with Crippen molar-refractivity contribution in [3.63, 3.8) is 0 Å². The van der Waals surface area contributed by atoms with Gasteiger partial charge in [0.05, 0.1) is 18.7 Å². The molecule has 0 radical (unpaired) electrons. The number of hydrogen-bond acceptors (Lipinski definition) is 3. The summed E-state index contributed by atoms with van der Waals surface area (Å²) in [5.74, 6) is 0.872. The number of nitrogens with zero attached hydrogens (tertiary/aromatic N) is 1. The van der Waals surface area contributed by atoms with Crippen molar-refractivity contribution in [1.82, 2.24) is 0 Å². The maximum atomic E-state index is 8.96. The molecule has 20 heavy (non-hydrogen) atoms. The predicted molar refractivity (Wildman–Crippen MR) is 81.0 cm³/mol. The topological polar surface area (TPSA) is 45.0 Å². The van der Waals surface area contributed by atoms with E-state index in [0.717, 1.165) is 22.6 Å². The molecule has 0 spiro atoms. The van der Waals surface area contributed by atoms with Crippen LogP contribution in [0.2, 0.25) is 0 Å². The van der Waals surface area contributed by atoms with E-state index < -0.39 is 0 Å². The third-order valence-electron chi connectivity index (χ3n) is 3.27. The number of anilines is 1. The van der Waals surface area contributed by atoms with Crippen LogP contribution in [0.1, 0.15) is 22.3 Å². The van der Waals surface area contributed by atoms with Crippen LogP contribution in [0.4, 0.5) is 5.69 Å². The van der Waals surface area contributed by atoms with E-state index >= 15 is 0 Å². The van der Waals surface area contributed by atoms with Crippen molar-refractivity contribution >= 4 is 5.69 Å². The smallest absolute Gasteiger partial charge is 0.123 e. The maximum Gasteiger partial charge on any atom is 0.123 e. The van der Waals surface area contributed by atoms with E-state index in [0.29, 0.717) is 12.1 Å². The minimum absolute atomic E-state index is 0.661. The van der Waals surface area contributed by atoms with Gasteiger partial charge in [-0.1, -0.05) is 23.8 Å². The standard InChI is InChI=1S/C17H18N2O/c1-12-4-7-17(20-3)15(8-12)11-19-16-9-14(10-18)6-5-13(16)2/h4-9,19H,11H2,1-3H3. The van der Waals surface area contributed by atoms with Crippen LogP contribution in [0.15, 0.2) is 36.4 Å². The van der Waals surface area contributed by atoms with Crippen LogP contribution in [0.3, 0.4) is 0 Å². The second-order valence-corrected chi connectivity index (χ2v) is 4.81. The van der Waals surface area contributed by atoms with Gasteiger partial charge in [0.2, 0.25) is 0 Å². The summed E-state index contributed by atoms with van der Waals surface area (Å²) in [5.41, 5.74) is 5.07. The van der Waals surface area contributed by atoms with E-state index in [9.17, 15) is 0 Å². The highest BCUT2D eigenvalue weighted by atomic mass is 16.5. The molecule has 0 heterocycles. The van der Waals surface area contributed by atoms with Gasteiger partial charge in [-0.3, -0.25) is 0 Å². The highest BCUT2D eigenvalue weighted by Gasteiger charge is 2.05. The summed E-state index contributed by atoms with van der Waals surface area (Å²) in [6.07, 6.45) is 0. The molecule has 2 aromatic carbocycles. The number of nitrogens with one attached hydrogen (secondary N) is 1. The molecule has 0 aliphatic rings. The predicted octanol–water partition coefficient (Wildman–Crippen LogP) is 3.80. The number of aryl methyl sites for hydroxylation is 2. The van der Waals surface area contributed by atoms with Gasteiger partial charge in [-0.25, -0.2) is 0 Å². The summed E-state index contributed by atoms with van der Waals surface area (Å²) >= 11 is 0. The molecule has 2 rings (SSSR count). The number of ether oxygens (including phenoxy) is 1.